The van der Waals surface area contributed by atoms with Gasteiger partial charge in [-0.25, -0.2) is 4.57 Å². The van der Waals surface area contributed by atoms with E-state index in [0.29, 0.717) is 12.0 Å². The molecule has 0 aliphatic carbocycles. The first-order valence-corrected chi connectivity index (χ1v) is 14.1. The molecule has 0 bridgehead atoms. The quantitative estimate of drug-likeness (QED) is 0.0906. The maximum absolute atomic E-state index is 12.2. The SMILES string of the molecule is C[C@@H](NC(=O)CCCCCCCCCCCCCCC[n+]1ccccc1)[C@H](O)c1ccc([N+](=O)[O-])cc1. The molecule has 37 heavy (non-hydrogen) atoms. The summed E-state index contributed by atoms with van der Waals surface area (Å²) in [5.41, 5.74) is 0.532. The number of nitrogens with zero attached hydrogens (tertiary/aromatic N) is 2. The van der Waals surface area contributed by atoms with Crippen LogP contribution in [0.25, 0.3) is 0 Å². The van der Waals surface area contributed by atoms with E-state index in [1.165, 1.54) is 88.5 Å². The van der Waals surface area contributed by atoms with Gasteiger partial charge in [-0.1, -0.05) is 70.3 Å². The van der Waals surface area contributed by atoms with Crippen molar-refractivity contribution in [2.75, 3.05) is 0 Å². The Morgan fingerprint density at radius 3 is 1.84 bits per heavy atom. The second-order valence-corrected chi connectivity index (χ2v) is 10.1. The molecule has 7 nitrogen and oxygen atoms in total. The fraction of sp³-hybridized carbons (Fsp3) is 0.600. The zero-order chi connectivity index (χ0) is 26.7. The molecule has 1 aromatic carbocycles. The summed E-state index contributed by atoms with van der Waals surface area (Å²) in [5.74, 6) is -0.0627. The number of aliphatic hydroxyl groups excluding tert-OH is 1. The zero-order valence-electron chi connectivity index (χ0n) is 22.5. The third kappa shape index (κ3) is 13.4. The van der Waals surface area contributed by atoms with E-state index in [4.69, 9.17) is 0 Å². The number of rotatable bonds is 20. The molecule has 0 spiro atoms. The van der Waals surface area contributed by atoms with E-state index in [1.807, 2.05) is 0 Å². The normalized spacial score (nSPS) is 12.7. The van der Waals surface area contributed by atoms with Gasteiger partial charge in [0.25, 0.3) is 5.69 Å². The first kappa shape index (κ1) is 30.4. The number of nitrogens with one attached hydrogen (secondary N) is 1. The van der Waals surface area contributed by atoms with Crippen LogP contribution in [0, 0.1) is 10.1 Å². The van der Waals surface area contributed by atoms with E-state index in [2.05, 4.69) is 40.5 Å². The van der Waals surface area contributed by atoms with Crippen molar-refractivity contribution in [1.82, 2.24) is 5.32 Å². The number of carbonyl (C=O) groups excluding carboxylic acids is 1. The van der Waals surface area contributed by atoms with Gasteiger partial charge in [0.15, 0.2) is 12.4 Å². The molecule has 7 heteroatoms. The minimum atomic E-state index is -0.900. The molecule has 0 fully saturated rings. The van der Waals surface area contributed by atoms with Crippen molar-refractivity contribution in [2.24, 2.45) is 0 Å². The van der Waals surface area contributed by atoms with Crippen molar-refractivity contribution in [1.29, 1.82) is 0 Å². The van der Waals surface area contributed by atoms with E-state index in [0.717, 1.165) is 25.8 Å². The predicted octanol–water partition coefficient (Wildman–Crippen LogP) is 6.58. The molecule has 1 aromatic heterocycles. The topological polar surface area (TPSA) is 96.4 Å². The van der Waals surface area contributed by atoms with Crippen LogP contribution in [-0.2, 0) is 11.3 Å². The first-order valence-electron chi connectivity index (χ1n) is 14.1. The lowest BCUT2D eigenvalue weighted by Gasteiger charge is -2.20. The third-order valence-electron chi connectivity index (χ3n) is 6.91. The van der Waals surface area contributed by atoms with Gasteiger partial charge in [0, 0.05) is 37.1 Å². The molecule has 0 aliphatic heterocycles. The maximum atomic E-state index is 12.2. The van der Waals surface area contributed by atoms with Crippen LogP contribution in [0.2, 0.25) is 0 Å². The number of nitro groups is 1. The van der Waals surface area contributed by atoms with Gasteiger partial charge in [-0.2, -0.15) is 0 Å². The van der Waals surface area contributed by atoms with Gasteiger partial charge in [0.05, 0.1) is 17.1 Å². The summed E-state index contributed by atoms with van der Waals surface area (Å²) < 4.78 is 2.26. The Balaban J connectivity index is 1.37. The number of amides is 1. The fourth-order valence-corrected chi connectivity index (χ4v) is 4.59. The van der Waals surface area contributed by atoms with Crippen molar-refractivity contribution in [2.45, 2.75) is 116 Å². The molecular formula is C30H46N3O4+. The molecule has 2 atom stereocenters. The highest BCUT2D eigenvalue weighted by molar-refractivity contribution is 5.76. The lowest BCUT2D eigenvalue weighted by Crippen LogP contribution is -2.36. The summed E-state index contributed by atoms with van der Waals surface area (Å²) in [6.45, 7) is 2.87. The summed E-state index contributed by atoms with van der Waals surface area (Å²) in [5, 5.41) is 24.0. The van der Waals surface area contributed by atoms with Gasteiger partial charge in [-0.05, 0) is 37.5 Å². The number of benzene rings is 1. The molecule has 204 valence electrons. The average Bonchev–Trinajstić information content (AvgIpc) is 2.91. The van der Waals surface area contributed by atoms with E-state index in [1.54, 1.807) is 6.92 Å². The molecule has 1 amide bonds. The number of hydrogen-bond acceptors (Lipinski definition) is 4. The van der Waals surface area contributed by atoms with Gasteiger partial charge in [-0.3, -0.25) is 14.9 Å². The van der Waals surface area contributed by atoms with E-state index in [9.17, 15) is 20.0 Å². The van der Waals surface area contributed by atoms with Gasteiger partial charge >= 0.3 is 0 Å². The van der Waals surface area contributed by atoms with Crippen molar-refractivity contribution < 1.29 is 19.4 Å². The lowest BCUT2D eigenvalue weighted by molar-refractivity contribution is -0.697. The Labute approximate surface area is 222 Å². The highest BCUT2D eigenvalue weighted by Crippen LogP contribution is 2.20. The number of hydrogen-bond donors (Lipinski definition) is 2. The Morgan fingerprint density at radius 1 is 0.838 bits per heavy atom. The number of nitro benzene ring substituents is 1. The third-order valence-corrected chi connectivity index (χ3v) is 6.91. The van der Waals surface area contributed by atoms with Crippen LogP contribution in [0.4, 0.5) is 5.69 Å². The van der Waals surface area contributed by atoms with Gasteiger partial charge in [0.2, 0.25) is 5.91 Å². The minimum absolute atomic E-state index is 0.0206. The summed E-state index contributed by atoms with van der Waals surface area (Å²) in [6, 6.07) is 11.6. The van der Waals surface area contributed by atoms with Crippen LogP contribution in [-0.4, -0.2) is 22.0 Å². The number of pyridine rings is 1. The van der Waals surface area contributed by atoms with Crippen LogP contribution in [0.15, 0.2) is 54.9 Å². The average molecular weight is 513 g/mol. The number of carbonyl (C=O) groups is 1. The first-order chi connectivity index (χ1) is 18.0. The van der Waals surface area contributed by atoms with Gasteiger partial charge < -0.3 is 10.4 Å². The van der Waals surface area contributed by atoms with E-state index < -0.39 is 17.1 Å². The molecular weight excluding hydrogens is 466 g/mol. The monoisotopic (exact) mass is 512 g/mol. The maximum Gasteiger partial charge on any atom is 0.269 e. The second kappa shape index (κ2) is 18.4. The smallest absolute Gasteiger partial charge is 0.269 e. The van der Waals surface area contributed by atoms with E-state index >= 15 is 0 Å². The summed E-state index contributed by atoms with van der Waals surface area (Å²) in [4.78, 5) is 22.5. The Kier molecular flexibility index (Phi) is 15.2. The zero-order valence-corrected chi connectivity index (χ0v) is 22.5. The van der Waals surface area contributed by atoms with Crippen molar-refractivity contribution in [3.63, 3.8) is 0 Å². The van der Waals surface area contributed by atoms with Crippen molar-refractivity contribution in [3.05, 3.63) is 70.5 Å². The number of unbranched alkanes of at least 4 members (excludes halogenated alkanes) is 12. The fourth-order valence-electron chi connectivity index (χ4n) is 4.59. The molecule has 0 radical (unpaired) electrons. The number of aryl methyl sites for hydroxylation is 1. The Hall–Kier alpha value is -2.80. The molecule has 2 aromatic rings. The van der Waals surface area contributed by atoms with Crippen LogP contribution in [0.3, 0.4) is 0 Å². The molecule has 0 saturated heterocycles. The molecule has 2 N–H and O–H groups in total. The van der Waals surface area contributed by atoms with Crippen LogP contribution < -0.4 is 9.88 Å². The largest absolute Gasteiger partial charge is 0.386 e. The van der Waals surface area contributed by atoms with Gasteiger partial charge in [0.1, 0.15) is 6.54 Å². The number of aromatic nitrogens is 1. The van der Waals surface area contributed by atoms with Crippen LogP contribution in [0.1, 0.15) is 108 Å². The lowest BCUT2D eigenvalue weighted by atomic mass is 10.0. The Morgan fingerprint density at radius 2 is 1.32 bits per heavy atom. The van der Waals surface area contributed by atoms with Crippen molar-refractivity contribution in [3.8, 4) is 0 Å². The molecule has 2 rings (SSSR count). The van der Waals surface area contributed by atoms with Crippen LogP contribution >= 0.6 is 0 Å². The minimum Gasteiger partial charge on any atom is -0.386 e. The standard InChI is InChI=1S/C30H45N3O4/c1-26(30(35)27-19-21-28(22-20-27)33(36)37)31-29(34)18-14-11-9-7-5-3-2-4-6-8-10-12-15-23-32-24-16-13-17-25-32/h13,16-17,19-22,24-26,30,35H,2-12,14-15,18,23H2,1H3/p+1/t26-,30+/m1/s1. The van der Waals surface area contributed by atoms with Gasteiger partial charge in [-0.15, -0.1) is 0 Å². The number of aliphatic hydroxyl groups is 1. The highest BCUT2D eigenvalue weighted by atomic mass is 16.6. The number of non-ortho nitro benzene ring substituents is 1. The highest BCUT2D eigenvalue weighted by Gasteiger charge is 2.19. The summed E-state index contributed by atoms with van der Waals surface area (Å²) >= 11 is 0. The Bertz CT molecular complexity index is 889. The summed E-state index contributed by atoms with van der Waals surface area (Å²) in [7, 11) is 0. The van der Waals surface area contributed by atoms with Crippen molar-refractivity contribution >= 4 is 11.6 Å². The molecule has 0 aliphatic rings. The second-order valence-electron chi connectivity index (χ2n) is 10.1. The molecule has 0 unspecified atom stereocenters. The predicted molar refractivity (Wildman–Crippen MR) is 147 cm³/mol. The molecule has 1 heterocycles. The molecule has 0 saturated carbocycles. The van der Waals surface area contributed by atoms with Crippen LogP contribution in [0.5, 0.6) is 0 Å². The summed E-state index contributed by atoms with van der Waals surface area (Å²) in [6.07, 6.45) is 20.0. The van der Waals surface area contributed by atoms with E-state index in [-0.39, 0.29) is 11.6 Å².